The molecule has 1 fully saturated rings. The molecule has 2 heterocycles. The van der Waals surface area contributed by atoms with Crippen LogP contribution in [0.5, 0.6) is 0 Å². The summed E-state index contributed by atoms with van der Waals surface area (Å²) in [5.74, 6) is -4.16. The van der Waals surface area contributed by atoms with Crippen molar-refractivity contribution in [2.45, 2.75) is 73.1 Å². The first-order valence-corrected chi connectivity index (χ1v) is 13.2. The van der Waals surface area contributed by atoms with E-state index < -0.39 is 23.7 Å². The zero-order chi connectivity index (χ0) is 29.8. The highest BCUT2D eigenvalue weighted by Gasteiger charge is 2.39. The van der Waals surface area contributed by atoms with Gasteiger partial charge in [0.15, 0.2) is 0 Å². The van der Waals surface area contributed by atoms with Gasteiger partial charge >= 0.3 is 5.97 Å². The van der Waals surface area contributed by atoms with Gasteiger partial charge in [-0.1, -0.05) is 39.0 Å². The number of halogens is 2. The number of methoxy groups -OCH3 is 1. The molecule has 1 aromatic carbocycles. The number of aromatic nitrogens is 1. The summed E-state index contributed by atoms with van der Waals surface area (Å²) in [6, 6.07) is 8.36. The van der Waals surface area contributed by atoms with Crippen molar-refractivity contribution in [3.63, 3.8) is 0 Å². The Bertz CT molecular complexity index is 1080. The fourth-order valence-electron chi connectivity index (χ4n) is 4.05. The maximum Gasteiger partial charge on any atom is 0.305 e. The van der Waals surface area contributed by atoms with Crippen LogP contribution in [0, 0.1) is 25.7 Å². The Morgan fingerprint density at radius 3 is 2.26 bits per heavy atom. The molecule has 3 rings (SSSR count). The van der Waals surface area contributed by atoms with Crippen LogP contribution in [-0.2, 0) is 25.5 Å². The van der Waals surface area contributed by atoms with Gasteiger partial charge in [-0.2, -0.15) is 0 Å². The quantitative estimate of drug-likeness (QED) is 0.461. The van der Waals surface area contributed by atoms with E-state index in [0.717, 1.165) is 24.0 Å². The first kappa shape index (κ1) is 33.7. The van der Waals surface area contributed by atoms with Crippen LogP contribution in [0.25, 0.3) is 11.1 Å². The molecule has 2 aromatic rings. The molecule has 0 radical (unpaired) electrons. The number of aryl methyl sites for hydroxylation is 3. The second-order valence-electron chi connectivity index (χ2n) is 10.6. The Labute approximate surface area is 231 Å². The number of carbonyl (C=O) groups is 3. The first-order valence-electron chi connectivity index (χ1n) is 13.2. The number of piperidine rings is 1. The highest BCUT2D eigenvalue weighted by atomic mass is 19.3. The number of nitrogens with two attached hydrogens (primary N) is 1. The largest absolute Gasteiger partial charge is 0.469 e. The molecule has 0 bridgehead atoms. The van der Waals surface area contributed by atoms with Crippen molar-refractivity contribution in [1.29, 1.82) is 0 Å². The number of carbonyl (C=O) groups excluding carboxylic acids is 3. The first-order chi connectivity index (χ1) is 18.1. The standard InChI is InChI=1S/C17H19NO2.C9H14F2N2O2.C4H10/c1-12-5-4-6-13(2)17(12)15-9-14(10-18-11-15)7-8-16(19)20-3;1-9(10,11)6-2-3-13(5-7(12)14)8(15)4-6;1-4(2)3/h4-6,9-11H,7-8H2,1-3H3;6H,2-5H2,1H3,(H2,12,14);4H,1-3H3. The Morgan fingerprint density at radius 2 is 1.77 bits per heavy atom. The molecule has 0 saturated carbocycles. The molecule has 216 valence electrons. The third-order valence-electron chi connectivity index (χ3n) is 5.99. The maximum absolute atomic E-state index is 12.9. The van der Waals surface area contributed by atoms with Gasteiger partial charge in [0.25, 0.3) is 0 Å². The highest BCUT2D eigenvalue weighted by molar-refractivity contribution is 5.84. The molecule has 2 amide bonds. The minimum Gasteiger partial charge on any atom is -0.469 e. The van der Waals surface area contributed by atoms with Crippen LogP contribution in [0.15, 0.2) is 36.7 Å². The molecule has 7 nitrogen and oxygen atoms in total. The van der Waals surface area contributed by atoms with E-state index in [4.69, 9.17) is 5.73 Å². The van der Waals surface area contributed by atoms with Crippen LogP contribution in [0.2, 0.25) is 0 Å². The van der Waals surface area contributed by atoms with Crippen molar-refractivity contribution in [2.75, 3.05) is 20.2 Å². The van der Waals surface area contributed by atoms with E-state index in [1.807, 2.05) is 6.20 Å². The molecule has 1 unspecified atom stereocenters. The summed E-state index contributed by atoms with van der Waals surface area (Å²) in [5, 5.41) is 0. The number of benzene rings is 1. The predicted octanol–water partition coefficient (Wildman–Crippen LogP) is 5.50. The molecule has 0 spiro atoms. The predicted molar refractivity (Wildman–Crippen MR) is 149 cm³/mol. The van der Waals surface area contributed by atoms with Crippen molar-refractivity contribution >= 4 is 17.8 Å². The Balaban J connectivity index is 0.000000354. The molecule has 1 atom stereocenters. The molecule has 0 aliphatic carbocycles. The summed E-state index contributed by atoms with van der Waals surface area (Å²) in [7, 11) is 1.41. The van der Waals surface area contributed by atoms with Gasteiger partial charge in [0.2, 0.25) is 17.7 Å². The highest BCUT2D eigenvalue weighted by Crippen LogP contribution is 2.33. The van der Waals surface area contributed by atoms with E-state index in [9.17, 15) is 23.2 Å². The van der Waals surface area contributed by atoms with E-state index in [0.29, 0.717) is 12.8 Å². The number of ether oxygens (including phenoxy) is 1. The minimum atomic E-state index is -2.84. The van der Waals surface area contributed by atoms with Gasteiger partial charge in [0.05, 0.1) is 13.7 Å². The molecule has 2 N–H and O–H groups in total. The van der Waals surface area contributed by atoms with E-state index >= 15 is 0 Å². The van der Waals surface area contributed by atoms with Gasteiger partial charge in [-0.25, -0.2) is 8.78 Å². The maximum atomic E-state index is 12.9. The average Bonchev–Trinajstić information content (AvgIpc) is 2.83. The van der Waals surface area contributed by atoms with Crippen molar-refractivity contribution in [2.24, 2.45) is 17.6 Å². The lowest BCUT2D eigenvalue weighted by molar-refractivity contribution is -0.145. The Hall–Kier alpha value is -3.36. The summed E-state index contributed by atoms with van der Waals surface area (Å²) in [4.78, 5) is 38.7. The van der Waals surface area contributed by atoms with Crippen LogP contribution in [-0.4, -0.2) is 53.8 Å². The number of rotatable bonds is 7. The van der Waals surface area contributed by atoms with E-state index in [1.54, 1.807) is 6.20 Å². The van der Waals surface area contributed by atoms with Crippen LogP contribution in [0.1, 0.15) is 63.6 Å². The third-order valence-corrected chi connectivity index (χ3v) is 5.99. The molecule has 1 aromatic heterocycles. The lowest BCUT2D eigenvalue weighted by atomic mass is 9.91. The van der Waals surface area contributed by atoms with Gasteiger partial charge in [0, 0.05) is 43.3 Å². The van der Waals surface area contributed by atoms with Crippen LogP contribution in [0.4, 0.5) is 8.78 Å². The molecule has 39 heavy (non-hydrogen) atoms. The molecular formula is C30H43F2N3O4. The summed E-state index contributed by atoms with van der Waals surface area (Å²) in [5.41, 5.74) is 10.8. The summed E-state index contributed by atoms with van der Waals surface area (Å²) >= 11 is 0. The molecule has 1 saturated heterocycles. The number of hydrogen-bond donors (Lipinski definition) is 1. The number of amides is 2. The lowest BCUT2D eigenvalue weighted by Gasteiger charge is -2.33. The summed E-state index contributed by atoms with van der Waals surface area (Å²) in [6.07, 6.45) is 4.71. The van der Waals surface area contributed by atoms with Gasteiger partial charge in [-0.05, 0) is 67.9 Å². The van der Waals surface area contributed by atoms with E-state index in [1.165, 1.54) is 28.7 Å². The fraction of sp³-hybridized carbons (Fsp3) is 0.533. The number of nitrogens with zero attached hydrogens (tertiary/aromatic N) is 2. The lowest BCUT2D eigenvalue weighted by Crippen LogP contribution is -2.46. The summed E-state index contributed by atoms with van der Waals surface area (Å²) < 4.78 is 30.5. The zero-order valence-corrected chi connectivity index (χ0v) is 24.2. The van der Waals surface area contributed by atoms with Crippen LogP contribution in [0.3, 0.4) is 0 Å². The van der Waals surface area contributed by atoms with Crippen molar-refractivity contribution in [3.8, 4) is 11.1 Å². The number of hydrogen-bond acceptors (Lipinski definition) is 5. The monoisotopic (exact) mass is 547 g/mol. The zero-order valence-electron chi connectivity index (χ0n) is 24.2. The fourth-order valence-corrected chi connectivity index (χ4v) is 4.05. The van der Waals surface area contributed by atoms with Gasteiger partial charge in [-0.15, -0.1) is 0 Å². The average molecular weight is 548 g/mol. The number of pyridine rings is 1. The van der Waals surface area contributed by atoms with Crippen molar-refractivity contribution in [1.82, 2.24) is 9.88 Å². The SMILES string of the molecule is CC(C)C.CC(F)(F)C1CCN(CC(N)=O)C(=O)C1.COC(=O)CCc1cncc(-c2c(C)cccc2C)c1. The minimum absolute atomic E-state index is 0.176. The van der Waals surface area contributed by atoms with Crippen molar-refractivity contribution in [3.05, 3.63) is 53.3 Å². The number of alkyl halides is 2. The normalized spacial score (nSPS) is 15.1. The number of likely N-dealkylation sites (tertiary alicyclic amines) is 1. The molecule has 1 aliphatic rings. The smallest absolute Gasteiger partial charge is 0.305 e. The van der Waals surface area contributed by atoms with E-state index in [-0.39, 0.29) is 31.9 Å². The molecular weight excluding hydrogens is 504 g/mol. The summed E-state index contributed by atoms with van der Waals surface area (Å²) in [6.45, 7) is 11.5. The second kappa shape index (κ2) is 15.9. The second-order valence-corrected chi connectivity index (χ2v) is 10.6. The number of esters is 1. The van der Waals surface area contributed by atoms with Gasteiger partial charge < -0.3 is 15.4 Å². The van der Waals surface area contributed by atoms with E-state index in [2.05, 4.69) is 68.6 Å². The molecule has 9 heteroatoms. The van der Waals surface area contributed by atoms with Crippen molar-refractivity contribution < 1.29 is 27.9 Å². The van der Waals surface area contributed by atoms with Crippen LogP contribution < -0.4 is 5.73 Å². The Morgan fingerprint density at radius 1 is 1.18 bits per heavy atom. The Kier molecular flexibility index (Phi) is 13.7. The number of primary amides is 1. The molecule has 1 aliphatic heterocycles. The third kappa shape index (κ3) is 12.4. The van der Waals surface area contributed by atoms with Crippen LogP contribution >= 0.6 is 0 Å². The topological polar surface area (TPSA) is 103 Å². The van der Waals surface area contributed by atoms with Gasteiger partial charge in [-0.3, -0.25) is 19.4 Å². The van der Waals surface area contributed by atoms with Gasteiger partial charge in [0.1, 0.15) is 0 Å².